The number of hydrogen-bond acceptors (Lipinski definition) is 4. The number of carbonyl (C=O) groups excluding carboxylic acids is 2. The molecule has 3 rings (SSSR count). The van der Waals surface area contributed by atoms with Gasteiger partial charge in [0, 0.05) is 23.4 Å². The first-order chi connectivity index (χ1) is 9.65. The smallest absolute Gasteiger partial charge is 0.234 e. The van der Waals surface area contributed by atoms with Crippen LogP contribution in [0.15, 0.2) is 36.0 Å². The fraction of sp³-hybridized carbons (Fsp3) is 0.214. The number of hydrogen-bond donors (Lipinski definition) is 1. The first-order valence-corrected chi connectivity index (χ1v) is 7.00. The van der Waals surface area contributed by atoms with Gasteiger partial charge in [0.2, 0.25) is 11.8 Å². The van der Waals surface area contributed by atoms with E-state index >= 15 is 0 Å². The van der Waals surface area contributed by atoms with E-state index in [1.807, 2.05) is 0 Å². The number of nitrogens with one attached hydrogen (secondary N) is 1. The summed E-state index contributed by atoms with van der Waals surface area (Å²) >= 11 is 1.42. The molecule has 2 heterocycles. The van der Waals surface area contributed by atoms with Crippen molar-refractivity contribution in [2.45, 2.75) is 18.3 Å². The molecule has 1 N–H and O–H groups in total. The zero-order valence-corrected chi connectivity index (χ0v) is 11.2. The molecule has 2 aromatic rings. The van der Waals surface area contributed by atoms with E-state index in [-0.39, 0.29) is 30.0 Å². The number of piperidine rings is 1. The molecule has 1 fully saturated rings. The van der Waals surface area contributed by atoms with Gasteiger partial charge in [-0.2, -0.15) is 0 Å². The Morgan fingerprint density at radius 1 is 1.25 bits per heavy atom. The van der Waals surface area contributed by atoms with Crippen molar-refractivity contribution in [1.82, 2.24) is 10.3 Å². The lowest BCUT2D eigenvalue weighted by Crippen LogP contribution is -2.43. The largest absolute Gasteiger partial charge is 0.296 e. The van der Waals surface area contributed by atoms with Crippen LogP contribution >= 0.6 is 11.3 Å². The van der Waals surface area contributed by atoms with Crippen LogP contribution in [0.5, 0.6) is 0 Å². The summed E-state index contributed by atoms with van der Waals surface area (Å²) in [6.45, 7) is 0. The van der Waals surface area contributed by atoms with Gasteiger partial charge in [0.1, 0.15) is 5.82 Å². The maximum atomic E-state index is 13.0. The van der Waals surface area contributed by atoms with E-state index in [2.05, 4.69) is 10.3 Å². The van der Waals surface area contributed by atoms with Crippen LogP contribution in [0.4, 0.5) is 4.39 Å². The summed E-state index contributed by atoms with van der Waals surface area (Å²) in [4.78, 5) is 28.7. The summed E-state index contributed by atoms with van der Waals surface area (Å²) < 4.78 is 13.0. The summed E-state index contributed by atoms with van der Waals surface area (Å²) in [5.41, 5.74) is 2.38. The van der Waals surface area contributed by atoms with E-state index in [0.29, 0.717) is 5.56 Å². The van der Waals surface area contributed by atoms with Gasteiger partial charge in [-0.15, -0.1) is 11.3 Å². The number of rotatable bonds is 2. The highest BCUT2D eigenvalue weighted by molar-refractivity contribution is 7.09. The Bertz CT molecular complexity index is 640. The van der Waals surface area contributed by atoms with Gasteiger partial charge in [-0.05, 0) is 17.7 Å². The molecule has 2 amide bonds. The Morgan fingerprint density at radius 2 is 2.00 bits per heavy atom. The molecule has 0 radical (unpaired) electrons. The number of carbonyl (C=O) groups is 2. The van der Waals surface area contributed by atoms with Gasteiger partial charge in [0.25, 0.3) is 0 Å². The van der Waals surface area contributed by atoms with E-state index in [1.165, 1.54) is 23.5 Å². The van der Waals surface area contributed by atoms with Crippen molar-refractivity contribution in [3.05, 3.63) is 52.2 Å². The summed E-state index contributed by atoms with van der Waals surface area (Å²) in [5.74, 6) is -1.71. The van der Waals surface area contributed by atoms with Gasteiger partial charge in [-0.1, -0.05) is 12.1 Å². The minimum Gasteiger partial charge on any atom is -0.296 e. The SMILES string of the molecule is O=C1CC(c2cncs2)C(c2ccc(F)cc2)C(=O)N1. The molecule has 1 aliphatic rings. The zero-order valence-electron chi connectivity index (χ0n) is 10.4. The molecule has 0 spiro atoms. The minimum absolute atomic E-state index is 0.232. The molecule has 20 heavy (non-hydrogen) atoms. The molecule has 0 saturated carbocycles. The molecule has 2 atom stereocenters. The highest BCUT2D eigenvalue weighted by Crippen LogP contribution is 2.39. The van der Waals surface area contributed by atoms with Crippen molar-refractivity contribution in [3.8, 4) is 0 Å². The maximum absolute atomic E-state index is 13.0. The van der Waals surface area contributed by atoms with Crippen LogP contribution in [0.2, 0.25) is 0 Å². The van der Waals surface area contributed by atoms with Crippen LogP contribution in [0.1, 0.15) is 28.7 Å². The third-order valence-corrected chi connectivity index (χ3v) is 4.31. The van der Waals surface area contributed by atoms with Crippen molar-refractivity contribution in [3.63, 3.8) is 0 Å². The Morgan fingerprint density at radius 3 is 2.65 bits per heavy atom. The first kappa shape index (κ1) is 12.9. The van der Waals surface area contributed by atoms with Crippen molar-refractivity contribution >= 4 is 23.2 Å². The first-order valence-electron chi connectivity index (χ1n) is 6.12. The number of nitrogens with zero attached hydrogens (tertiary/aromatic N) is 1. The molecule has 1 aromatic heterocycles. The highest BCUT2D eigenvalue weighted by atomic mass is 32.1. The van der Waals surface area contributed by atoms with Crippen LogP contribution in [0.3, 0.4) is 0 Å². The normalized spacial score (nSPS) is 22.6. The predicted molar refractivity (Wildman–Crippen MR) is 71.8 cm³/mol. The average Bonchev–Trinajstić information content (AvgIpc) is 2.93. The van der Waals surface area contributed by atoms with Crippen molar-refractivity contribution in [2.24, 2.45) is 0 Å². The van der Waals surface area contributed by atoms with E-state index in [0.717, 1.165) is 4.88 Å². The Labute approximate surface area is 118 Å². The van der Waals surface area contributed by atoms with Gasteiger partial charge in [0.15, 0.2) is 0 Å². The van der Waals surface area contributed by atoms with Crippen LogP contribution in [-0.2, 0) is 9.59 Å². The second-order valence-electron chi connectivity index (χ2n) is 4.66. The van der Waals surface area contributed by atoms with Gasteiger partial charge in [-0.25, -0.2) is 4.39 Å². The zero-order chi connectivity index (χ0) is 14.1. The predicted octanol–water partition coefficient (Wildman–Crippen LogP) is 2.20. The Balaban J connectivity index is 2.01. The molecule has 0 bridgehead atoms. The van der Waals surface area contributed by atoms with Gasteiger partial charge >= 0.3 is 0 Å². The van der Waals surface area contributed by atoms with Gasteiger partial charge in [-0.3, -0.25) is 19.9 Å². The van der Waals surface area contributed by atoms with Crippen LogP contribution in [0.25, 0.3) is 0 Å². The third kappa shape index (κ3) is 2.34. The molecule has 1 aliphatic heterocycles. The van der Waals surface area contributed by atoms with Crippen LogP contribution < -0.4 is 5.32 Å². The molecule has 2 unspecified atom stereocenters. The molecular formula is C14H11FN2O2S. The molecule has 1 aromatic carbocycles. The standard InChI is InChI=1S/C14H11FN2O2S/c15-9-3-1-8(2-4-9)13-10(11-6-16-7-20-11)5-12(18)17-14(13)19/h1-4,6-7,10,13H,5H2,(H,17,18,19). The number of imide groups is 1. The Kier molecular flexibility index (Phi) is 3.31. The lowest BCUT2D eigenvalue weighted by atomic mass is 9.80. The summed E-state index contributed by atoms with van der Waals surface area (Å²) in [6, 6.07) is 5.82. The van der Waals surface area contributed by atoms with E-state index < -0.39 is 5.92 Å². The second kappa shape index (κ2) is 5.13. The summed E-state index contributed by atoms with van der Waals surface area (Å²) in [5, 5.41) is 2.35. The van der Waals surface area contributed by atoms with E-state index in [9.17, 15) is 14.0 Å². The number of thiazole rings is 1. The van der Waals surface area contributed by atoms with Crippen molar-refractivity contribution in [2.75, 3.05) is 0 Å². The van der Waals surface area contributed by atoms with E-state index in [4.69, 9.17) is 0 Å². The van der Waals surface area contributed by atoms with Crippen LogP contribution in [-0.4, -0.2) is 16.8 Å². The molecule has 6 heteroatoms. The third-order valence-electron chi connectivity index (χ3n) is 3.40. The lowest BCUT2D eigenvalue weighted by molar-refractivity contribution is -0.135. The highest BCUT2D eigenvalue weighted by Gasteiger charge is 2.38. The fourth-order valence-corrected chi connectivity index (χ4v) is 3.25. The van der Waals surface area contributed by atoms with Crippen molar-refractivity contribution < 1.29 is 14.0 Å². The summed E-state index contributed by atoms with van der Waals surface area (Å²) in [6.07, 6.45) is 1.91. The van der Waals surface area contributed by atoms with E-state index in [1.54, 1.807) is 23.8 Å². The number of aromatic nitrogens is 1. The Hall–Kier alpha value is -2.08. The lowest BCUT2D eigenvalue weighted by Gasteiger charge is -2.29. The number of amides is 2. The van der Waals surface area contributed by atoms with Gasteiger partial charge < -0.3 is 0 Å². The molecule has 0 aliphatic carbocycles. The molecule has 4 nitrogen and oxygen atoms in total. The maximum Gasteiger partial charge on any atom is 0.234 e. The molecule has 1 saturated heterocycles. The summed E-state index contributed by atoms with van der Waals surface area (Å²) in [7, 11) is 0. The topological polar surface area (TPSA) is 59.1 Å². The van der Waals surface area contributed by atoms with Gasteiger partial charge in [0.05, 0.1) is 11.4 Å². The minimum atomic E-state index is -0.492. The second-order valence-corrected chi connectivity index (χ2v) is 5.57. The average molecular weight is 290 g/mol. The monoisotopic (exact) mass is 290 g/mol. The quantitative estimate of drug-likeness (QED) is 0.863. The van der Waals surface area contributed by atoms with Crippen molar-refractivity contribution in [1.29, 1.82) is 0 Å². The fourth-order valence-electron chi connectivity index (χ4n) is 2.49. The number of benzene rings is 1. The number of halogens is 1. The van der Waals surface area contributed by atoms with Crippen LogP contribution in [0, 0.1) is 5.82 Å². The molecular weight excluding hydrogens is 279 g/mol. The molecule has 102 valence electrons.